The van der Waals surface area contributed by atoms with E-state index < -0.39 is 0 Å². The second-order valence-corrected chi connectivity index (χ2v) is 21.1. The van der Waals surface area contributed by atoms with Gasteiger partial charge in [-0.15, -0.1) is 0 Å². The first kappa shape index (κ1) is 47.6. The Hall–Kier alpha value is -1.05. The molecule has 0 radical (unpaired) electrons. The summed E-state index contributed by atoms with van der Waals surface area (Å²) in [6.45, 7) is 17.5. The maximum Gasteiger partial charge on any atom is 0.309 e. The number of unbranched alkanes of at least 4 members (excludes halogenated alkanes) is 19. The average molecular weight is 777 g/mol. The van der Waals surface area contributed by atoms with E-state index in [1.165, 1.54) is 180 Å². The van der Waals surface area contributed by atoms with Crippen molar-refractivity contribution in [2.24, 2.45) is 52.3 Å². The van der Waals surface area contributed by atoms with Gasteiger partial charge < -0.3 is 4.74 Å². The topological polar surface area (TPSA) is 26.3 Å². The normalized spacial score (nSPS) is 29.9. The van der Waals surface area contributed by atoms with Crippen LogP contribution in [0, 0.1) is 52.3 Å². The number of rotatable bonds is 29. The summed E-state index contributed by atoms with van der Waals surface area (Å²) in [4.78, 5) is 12.9. The van der Waals surface area contributed by atoms with Crippen molar-refractivity contribution < 1.29 is 9.53 Å². The van der Waals surface area contributed by atoms with Crippen LogP contribution in [-0.2, 0) is 9.53 Å². The monoisotopic (exact) mass is 777 g/mol. The molecule has 4 aliphatic carbocycles. The minimum Gasteiger partial charge on any atom is -0.462 e. The lowest BCUT2D eigenvalue weighted by Gasteiger charge is -2.58. The summed E-state index contributed by atoms with van der Waals surface area (Å²) in [5, 5.41) is 0. The summed E-state index contributed by atoms with van der Waals surface area (Å²) >= 11 is 0. The van der Waals surface area contributed by atoms with E-state index in [1.54, 1.807) is 5.57 Å². The van der Waals surface area contributed by atoms with Gasteiger partial charge in [0.1, 0.15) is 6.10 Å². The van der Waals surface area contributed by atoms with Crippen LogP contribution in [0.4, 0.5) is 0 Å². The maximum absolute atomic E-state index is 12.9. The lowest BCUT2D eigenvalue weighted by Crippen LogP contribution is -2.51. The van der Waals surface area contributed by atoms with Gasteiger partial charge in [-0.25, -0.2) is 0 Å². The molecule has 2 nitrogen and oxygen atoms in total. The van der Waals surface area contributed by atoms with Crippen LogP contribution in [0.25, 0.3) is 0 Å². The van der Waals surface area contributed by atoms with Gasteiger partial charge in [-0.3, -0.25) is 4.79 Å². The summed E-state index contributed by atoms with van der Waals surface area (Å²) in [5.74, 6) is 6.04. The number of hydrogen-bond donors (Lipinski definition) is 0. The van der Waals surface area contributed by atoms with Gasteiger partial charge in [0.2, 0.25) is 0 Å². The smallest absolute Gasteiger partial charge is 0.309 e. The molecule has 0 aromatic heterocycles. The zero-order valence-electron chi connectivity index (χ0n) is 38.8. The van der Waals surface area contributed by atoms with Crippen LogP contribution in [0.15, 0.2) is 23.8 Å². The highest BCUT2D eigenvalue weighted by atomic mass is 16.5. The first-order valence-corrected chi connectivity index (χ1v) is 25.7. The van der Waals surface area contributed by atoms with Gasteiger partial charge in [0.05, 0.1) is 6.42 Å². The van der Waals surface area contributed by atoms with E-state index in [0.29, 0.717) is 17.3 Å². The number of ether oxygens (including phenoxy) is 1. The Balaban J connectivity index is 1.03. The molecule has 4 aliphatic rings. The molecule has 0 heterocycles. The number of allylic oxidation sites excluding steroid dienone is 2. The third kappa shape index (κ3) is 14.3. The second-order valence-electron chi connectivity index (χ2n) is 21.1. The molecule has 9 atom stereocenters. The van der Waals surface area contributed by atoms with Gasteiger partial charge in [-0.1, -0.05) is 201 Å². The third-order valence-corrected chi connectivity index (χ3v) is 17.0. The molecule has 0 unspecified atom stereocenters. The van der Waals surface area contributed by atoms with Crippen molar-refractivity contribution in [1.82, 2.24) is 0 Å². The molecule has 0 saturated heterocycles. The first-order valence-electron chi connectivity index (χ1n) is 25.7. The van der Waals surface area contributed by atoms with Crippen molar-refractivity contribution in [2.75, 3.05) is 0 Å². The molecule has 3 saturated carbocycles. The van der Waals surface area contributed by atoms with Crippen molar-refractivity contribution in [3.8, 4) is 0 Å². The van der Waals surface area contributed by atoms with Gasteiger partial charge in [0.15, 0.2) is 0 Å². The summed E-state index contributed by atoms with van der Waals surface area (Å²) in [6.07, 6.45) is 50.0. The van der Waals surface area contributed by atoms with Crippen LogP contribution in [0.2, 0.25) is 0 Å². The Labute approximate surface area is 350 Å². The van der Waals surface area contributed by atoms with Gasteiger partial charge >= 0.3 is 5.97 Å². The maximum atomic E-state index is 12.9. The summed E-state index contributed by atoms with van der Waals surface area (Å²) in [6, 6.07) is 0. The largest absolute Gasteiger partial charge is 0.462 e. The molecule has 56 heavy (non-hydrogen) atoms. The fourth-order valence-electron chi connectivity index (χ4n) is 13.3. The highest BCUT2D eigenvalue weighted by Gasteiger charge is 2.59. The van der Waals surface area contributed by atoms with Crippen LogP contribution in [-0.4, -0.2) is 12.1 Å². The van der Waals surface area contributed by atoms with Crippen LogP contribution in [0.5, 0.6) is 0 Å². The predicted molar refractivity (Wildman–Crippen MR) is 244 cm³/mol. The molecule has 0 aromatic carbocycles. The number of hydrogen-bond acceptors (Lipinski definition) is 2. The number of carbonyl (C=O) groups excluding carboxylic acids is 1. The third-order valence-electron chi connectivity index (χ3n) is 17.0. The van der Waals surface area contributed by atoms with Gasteiger partial charge in [0.25, 0.3) is 0 Å². The molecule has 3 fully saturated rings. The van der Waals surface area contributed by atoms with Gasteiger partial charge in [0, 0.05) is 6.42 Å². The fraction of sp³-hybridized carbons (Fsp3) is 0.907. The number of carbonyl (C=O) groups is 1. The van der Waals surface area contributed by atoms with Gasteiger partial charge in [-0.05, 0) is 116 Å². The van der Waals surface area contributed by atoms with Crippen molar-refractivity contribution in [3.63, 3.8) is 0 Å². The number of fused-ring (bicyclic) bond motifs is 5. The number of esters is 1. The van der Waals surface area contributed by atoms with Gasteiger partial charge in [-0.2, -0.15) is 0 Å². The molecular formula is C54H96O2. The van der Waals surface area contributed by atoms with E-state index in [-0.39, 0.29) is 12.1 Å². The lowest BCUT2D eigenvalue weighted by molar-refractivity contribution is -0.150. The van der Waals surface area contributed by atoms with Crippen LogP contribution >= 0.6 is 0 Å². The average Bonchev–Trinajstić information content (AvgIpc) is 3.54. The van der Waals surface area contributed by atoms with E-state index in [9.17, 15) is 4.79 Å². The first-order chi connectivity index (χ1) is 27.1. The molecule has 0 bridgehead atoms. The SMILES string of the molecule is CCCCCCCCCCCCCCCCCCCCCC=CCC(=O)O[C@H]1CC[C@@]2(C)C(=CC[C@H]3[C@@H]4CC[C@H]([C@H](C)CC[C@@H](CC)C(C)C)[C@@]4(C)CC[C@@H]32)C1. The minimum atomic E-state index is -0.0180. The fourth-order valence-corrected chi connectivity index (χ4v) is 13.3. The quantitative estimate of drug-likeness (QED) is 0.0430. The summed E-state index contributed by atoms with van der Waals surface area (Å²) in [7, 11) is 0. The van der Waals surface area contributed by atoms with E-state index in [1.807, 2.05) is 0 Å². The van der Waals surface area contributed by atoms with Crippen LogP contribution in [0.3, 0.4) is 0 Å². The molecule has 4 rings (SSSR count). The van der Waals surface area contributed by atoms with Crippen molar-refractivity contribution in [1.29, 1.82) is 0 Å². The van der Waals surface area contributed by atoms with Crippen LogP contribution < -0.4 is 0 Å². The summed E-state index contributed by atoms with van der Waals surface area (Å²) in [5.41, 5.74) is 2.48. The van der Waals surface area contributed by atoms with Crippen molar-refractivity contribution in [3.05, 3.63) is 23.8 Å². The van der Waals surface area contributed by atoms with Crippen molar-refractivity contribution >= 4 is 5.97 Å². The zero-order valence-corrected chi connectivity index (χ0v) is 38.8. The van der Waals surface area contributed by atoms with Crippen molar-refractivity contribution in [2.45, 2.75) is 260 Å². The van der Waals surface area contributed by atoms with Crippen LogP contribution in [0.1, 0.15) is 254 Å². The highest BCUT2D eigenvalue weighted by Crippen LogP contribution is 2.67. The Bertz CT molecular complexity index is 1130. The molecule has 2 heteroatoms. The predicted octanol–water partition coefficient (Wildman–Crippen LogP) is 17.3. The van der Waals surface area contributed by atoms with E-state index in [2.05, 4.69) is 66.7 Å². The Morgan fingerprint density at radius 3 is 1.88 bits per heavy atom. The zero-order chi connectivity index (χ0) is 40.2. The molecule has 0 amide bonds. The standard InChI is InChI=1S/C54H96O2/c1-8-10-11-12-13-14-15-16-17-18-19-20-21-22-23-24-25-26-27-28-29-30-31-52(55)56-47-38-40-53(6)46(42-47)34-35-48-50-37-36-49(54(50,7)41-39-51(48)53)44(5)32-33-45(9-2)43(3)4/h29-30,34,43-45,47-51H,8-28,31-33,35-42H2,1-7H3/t44-,45-,47+,48+,49-,50+,51+,53+,54-/m1/s1. The Morgan fingerprint density at radius 1 is 0.714 bits per heavy atom. The molecule has 324 valence electrons. The Morgan fingerprint density at radius 2 is 1.30 bits per heavy atom. The van der Waals surface area contributed by atoms with E-state index in [0.717, 1.165) is 60.7 Å². The molecular weight excluding hydrogens is 681 g/mol. The Kier molecular flexibility index (Phi) is 21.7. The molecule has 0 aromatic rings. The lowest BCUT2D eigenvalue weighted by atomic mass is 9.47. The molecule has 0 aliphatic heterocycles. The summed E-state index contributed by atoms with van der Waals surface area (Å²) < 4.78 is 6.13. The van der Waals surface area contributed by atoms with E-state index >= 15 is 0 Å². The second kappa shape index (κ2) is 25.5. The highest BCUT2D eigenvalue weighted by molar-refractivity contribution is 5.71. The molecule has 0 spiro atoms. The molecule has 0 N–H and O–H groups in total. The minimum absolute atomic E-state index is 0.0180. The van der Waals surface area contributed by atoms with E-state index in [4.69, 9.17) is 4.74 Å².